The summed E-state index contributed by atoms with van der Waals surface area (Å²) >= 11 is 0. The molecule has 0 saturated heterocycles. The van der Waals surface area contributed by atoms with E-state index in [9.17, 15) is 24.3 Å². The van der Waals surface area contributed by atoms with Gasteiger partial charge in [-0.15, -0.1) is 0 Å². The number of hydrogen-bond acceptors (Lipinski definition) is 8. The summed E-state index contributed by atoms with van der Waals surface area (Å²) in [5, 5.41) is 9.65. The summed E-state index contributed by atoms with van der Waals surface area (Å²) in [5.41, 5.74) is 6.49. The molecule has 0 saturated carbocycles. The van der Waals surface area contributed by atoms with Crippen molar-refractivity contribution in [2.24, 2.45) is 29.4 Å². The number of ether oxygens (including phenoxy) is 3. The molecule has 1 aromatic rings. The van der Waals surface area contributed by atoms with Crippen molar-refractivity contribution in [1.82, 2.24) is 0 Å². The number of esters is 3. The van der Waals surface area contributed by atoms with Crippen LogP contribution in [-0.2, 0) is 23.9 Å². The maximum atomic E-state index is 12.4. The van der Waals surface area contributed by atoms with Crippen LogP contribution in [-0.4, -0.2) is 41.1 Å². The lowest BCUT2D eigenvalue weighted by Crippen LogP contribution is -2.38. The summed E-state index contributed by atoms with van der Waals surface area (Å²) < 4.78 is 16.6. The molecular formula is C28H43NO8. The van der Waals surface area contributed by atoms with Gasteiger partial charge in [-0.2, -0.15) is 0 Å². The van der Waals surface area contributed by atoms with Gasteiger partial charge in [0.05, 0.1) is 12.0 Å². The minimum atomic E-state index is -1.32. The Morgan fingerprint density at radius 1 is 0.838 bits per heavy atom. The van der Waals surface area contributed by atoms with Gasteiger partial charge < -0.3 is 25.1 Å². The number of carboxylic acid groups (broad SMARTS) is 1. The molecule has 0 radical (unpaired) electrons. The summed E-state index contributed by atoms with van der Waals surface area (Å²) in [5.74, 6) is -3.45. The number of aliphatic carboxylic acids is 1. The molecule has 1 aromatic carbocycles. The van der Waals surface area contributed by atoms with Crippen molar-refractivity contribution in [2.45, 2.75) is 92.7 Å². The number of nitrogens with two attached hydrogens (primary N) is 1. The third-order valence-electron chi connectivity index (χ3n) is 5.99. The molecule has 0 aromatic heterocycles. The van der Waals surface area contributed by atoms with Crippen LogP contribution in [0.15, 0.2) is 18.2 Å². The Morgan fingerprint density at radius 2 is 1.35 bits per heavy atom. The fraction of sp³-hybridized carbons (Fsp3) is 0.643. The van der Waals surface area contributed by atoms with Gasteiger partial charge >= 0.3 is 23.9 Å². The number of carbonyl (C=O) groups is 4. The molecule has 0 heterocycles. The maximum Gasteiger partial charge on any atom is 0.321 e. The lowest BCUT2D eigenvalue weighted by atomic mass is 9.86. The first-order valence-electron chi connectivity index (χ1n) is 12.9. The molecule has 0 amide bonds. The number of benzene rings is 1. The Hall–Kier alpha value is -2.94. The fourth-order valence-electron chi connectivity index (χ4n) is 3.56. The van der Waals surface area contributed by atoms with Crippen LogP contribution in [0.3, 0.4) is 0 Å². The average molecular weight is 522 g/mol. The molecule has 0 aliphatic rings. The molecule has 1 rings (SSSR count). The van der Waals surface area contributed by atoms with Crippen LogP contribution in [0, 0.1) is 23.7 Å². The van der Waals surface area contributed by atoms with Gasteiger partial charge in [0.2, 0.25) is 0 Å². The van der Waals surface area contributed by atoms with Crippen LogP contribution in [0.4, 0.5) is 0 Å². The zero-order chi connectivity index (χ0) is 28.4. The van der Waals surface area contributed by atoms with Gasteiger partial charge in [-0.25, -0.2) is 0 Å². The monoisotopic (exact) mass is 521 g/mol. The molecular weight excluding hydrogens is 478 g/mol. The topological polar surface area (TPSA) is 142 Å². The first-order chi connectivity index (χ1) is 17.1. The van der Waals surface area contributed by atoms with E-state index in [1.54, 1.807) is 19.9 Å². The highest BCUT2D eigenvalue weighted by Crippen LogP contribution is 2.35. The van der Waals surface area contributed by atoms with E-state index in [1.807, 2.05) is 41.5 Å². The minimum Gasteiger partial charge on any atom is -0.480 e. The highest BCUT2D eigenvalue weighted by atomic mass is 16.6. The first-order valence-corrected chi connectivity index (χ1v) is 12.9. The van der Waals surface area contributed by atoms with E-state index in [0.29, 0.717) is 5.56 Å². The molecule has 9 heteroatoms. The Morgan fingerprint density at radius 3 is 1.81 bits per heavy atom. The maximum absolute atomic E-state index is 12.4. The second kappa shape index (κ2) is 14.7. The van der Waals surface area contributed by atoms with Gasteiger partial charge in [-0.3, -0.25) is 19.2 Å². The molecule has 0 spiro atoms. The van der Waals surface area contributed by atoms with E-state index in [0.717, 1.165) is 0 Å². The van der Waals surface area contributed by atoms with Crippen LogP contribution in [0.5, 0.6) is 11.5 Å². The summed E-state index contributed by atoms with van der Waals surface area (Å²) in [6.07, 6.45) is -0.191. The first kappa shape index (κ1) is 32.1. The third-order valence-corrected chi connectivity index (χ3v) is 5.99. The molecule has 4 atom stereocenters. The van der Waals surface area contributed by atoms with Crippen molar-refractivity contribution < 1.29 is 38.5 Å². The molecule has 37 heavy (non-hydrogen) atoms. The standard InChI is InChI=1S/C28H43NO8/c1-15(2)11-24(30)36-22-10-9-20(14-23(22)37-25(31)12-16(3)4)21(26(29)27(32)33)13-18(7)35-28(34)19(8)17(5)6/h9-10,14-19,21,26H,11-13,29H2,1-8H3,(H,32,33)/t18?,19?,21?,26-/m0/s1. The lowest BCUT2D eigenvalue weighted by molar-refractivity contribution is -0.154. The van der Waals surface area contributed by atoms with Crippen LogP contribution in [0.2, 0.25) is 0 Å². The van der Waals surface area contributed by atoms with Crippen molar-refractivity contribution in [3.63, 3.8) is 0 Å². The molecule has 9 nitrogen and oxygen atoms in total. The molecule has 0 aliphatic heterocycles. The Balaban J connectivity index is 3.34. The highest BCUT2D eigenvalue weighted by molar-refractivity contribution is 5.77. The van der Waals surface area contributed by atoms with Gasteiger partial charge in [-0.1, -0.05) is 54.5 Å². The molecule has 3 N–H and O–H groups in total. The minimum absolute atomic E-state index is 0.000854. The molecule has 0 aliphatic carbocycles. The van der Waals surface area contributed by atoms with Gasteiger partial charge in [-0.05, 0) is 48.8 Å². The van der Waals surface area contributed by atoms with E-state index in [1.165, 1.54) is 12.1 Å². The second-order valence-electron chi connectivity index (χ2n) is 10.8. The van der Waals surface area contributed by atoms with Crippen LogP contribution in [0.1, 0.15) is 86.1 Å². The molecule has 208 valence electrons. The van der Waals surface area contributed by atoms with E-state index in [4.69, 9.17) is 19.9 Å². The SMILES string of the molecule is CC(C)CC(=O)Oc1ccc(C(CC(C)OC(=O)C(C)C(C)C)[C@H](N)C(=O)O)cc1OC(=O)CC(C)C. The summed E-state index contributed by atoms with van der Waals surface area (Å²) in [6, 6.07) is 3.19. The van der Waals surface area contributed by atoms with Crippen molar-refractivity contribution in [2.75, 3.05) is 0 Å². The molecule has 3 unspecified atom stereocenters. The van der Waals surface area contributed by atoms with Gasteiger partial charge in [0.15, 0.2) is 11.5 Å². The van der Waals surface area contributed by atoms with Crippen molar-refractivity contribution in [3.8, 4) is 11.5 Å². The van der Waals surface area contributed by atoms with Crippen LogP contribution in [0.25, 0.3) is 0 Å². The molecule has 0 bridgehead atoms. The van der Waals surface area contributed by atoms with Crippen molar-refractivity contribution in [3.05, 3.63) is 23.8 Å². The number of carboxylic acids is 1. The Labute approximate surface area is 220 Å². The predicted molar refractivity (Wildman–Crippen MR) is 139 cm³/mol. The fourth-order valence-corrected chi connectivity index (χ4v) is 3.56. The average Bonchev–Trinajstić information content (AvgIpc) is 2.76. The summed E-state index contributed by atoms with van der Waals surface area (Å²) in [7, 11) is 0. The largest absolute Gasteiger partial charge is 0.480 e. The molecule has 0 fully saturated rings. The van der Waals surface area contributed by atoms with E-state index in [2.05, 4.69) is 0 Å². The highest BCUT2D eigenvalue weighted by Gasteiger charge is 2.31. The normalized spacial score (nSPS) is 14.7. The number of rotatable bonds is 14. The summed E-state index contributed by atoms with van der Waals surface area (Å²) in [4.78, 5) is 49.0. The van der Waals surface area contributed by atoms with Crippen LogP contribution >= 0.6 is 0 Å². The Kier molecular flexibility index (Phi) is 12.8. The smallest absolute Gasteiger partial charge is 0.321 e. The van der Waals surface area contributed by atoms with Gasteiger partial charge in [0, 0.05) is 18.8 Å². The quantitative estimate of drug-likeness (QED) is 0.263. The van der Waals surface area contributed by atoms with E-state index < -0.39 is 36.0 Å². The zero-order valence-electron chi connectivity index (χ0n) is 23.3. The predicted octanol–water partition coefficient (Wildman–Crippen LogP) is 4.70. The van der Waals surface area contributed by atoms with Crippen molar-refractivity contribution in [1.29, 1.82) is 0 Å². The van der Waals surface area contributed by atoms with Gasteiger partial charge in [0.1, 0.15) is 6.04 Å². The van der Waals surface area contributed by atoms with E-state index in [-0.39, 0.29) is 60.4 Å². The van der Waals surface area contributed by atoms with Gasteiger partial charge in [0.25, 0.3) is 0 Å². The lowest BCUT2D eigenvalue weighted by Gasteiger charge is -2.26. The zero-order valence-corrected chi connectivity index (χ0v) is 23.3. The number of hydrogen-bond donors (Lipinski definition) is 2. The number of carbonyl (C=O) groups excluding carboxylic acids is 3. The van der Waals surface area contributed by atoms with E-state index >= 15 is 0 Å². The second-order valence-corrected chi connectivity index (χ2v) is 10.8. The summed E-state index contributed by atoms with van der Waals surface area (Å²) in [6.45, 7) is 14.8. The van der Waals surface area contributed by atoms with Crippen LogP contribution < -0.4 is 15.2 Å². The third kappa shape index (κ3) is 10.9. The Bertz CT molecular complexity index is 940. The van der Waals surface area contributed by atoms with Crippen molar-refractivity contribution >= 4 is 23.9 Å².